The van der Waals surface area contributed by atoms with Crippen LogP contribution in [0.5, 0.6) is 0 Å². The van der Waals surface area contributed by atoms with Crippen molar-refractivity contribution < 1.29 is 23.9 Å². The van der Waals surface area contributed by atoms with E-state index in [2.05, 4.69) is 10.6 Å². The first-order valence-corrected chi connectivity index (χ1v) is 11.9. The molecule has 2 aliphatic rings. The van der Waals surface area contributed by atoms with E-state index in [4.69, 9.17) is 16.3 Å². The molecule has 2 heterocycles. The summed E-state index contributed by atoms with van der Waals surface area (Å²) in [6.07, 6.45) is 1.43. The molecule has 2 unspecified atom stereocenters. The summed E-state index contributed by atoms with van der Waals surface area (Å²) in [5.41, 5.74) is 1.62. The topological polar surface area (TPSA) is 108 Å². The highest BCUT2D eigenvalue weighted by molar-refractivity contribution is 6.30. The highest BCUT2D eigenvalue weighted by atomic mass is 35.5. The first-order chi connectivity index (χ1) is 16.9. The normalized spacial score (nSPS) is 19.8. The molecule has 2 aromatic carbocycles. The van der Waals surface area contributed by atoms with Gasteiger partial charge in [-0.15, -0.1) is 0 Å². The van der Waals surface area contributed by atoms with Gasteiger partial charge >= 0.3 is 12.0 Å². The Morgan fingerprint density at radius 1 is 1.11 bits per heavy atom. The summed E-state index contributed by atoms with van der Waals surface area (Å²) in [6.45, 7) is 2.56. The molecule has 2 aliphatic heterocycles. The van der Waals surface area contributed by atoms with Crippen LogP contribution < -0.4 is 10.6 Å². The van der Waals surface area contributed by atoms with Crippen LogP contribution >= 0.6 is 11.6 Å². The lowest BCUT2D eigenvalue weighted by Crippen LogP contribution is -2.70. The van der Waals surface area contributed by atoms with Crippen molar-refractivity contribution in [1.82, 2.24) is 15.1 Å². The maximum atomic E-state index is 13.4. The van der Waals surface area contributed by atoms with E-state index in [0.29, 0.717) is 29.2 Å². The summed E-state index contributed by atoms with van der Waals surface area (Å²) in [4.78, 5) is 53.9. The molecule has 9 nitrogen and oxygen atoms in total. The molecule has 0 aliphatic carbocycles. The van der Waals surface area contributed by atoms with E-state index >= 15 is 0 Å². The number of hydrogen-bond donors (Lipinski definition) is 2. The largest absolute Gasteiger partial charge is 0.462 e. The Bertz CT molecular complexity index is 1110. The lowest BCUT2D eigenvalue weighted by Gasteiger charge is -2.46. The molecule has 2 aromatic rings. The molecule has 2 N–H and O–H groups in total. The SMILES string of the molecule is CCOC(=O)c1ccc(NC(=O)CN2C(=O)N(Cc3ccc(Cl)cc3)C(=O)C3NCCCC32)cc1. The van der Waals surface area contributed by atoms with Gasteiger partial charge in [-0.05, 0) is 68.3 Å². The number of ether oxygens (including phenoxy) is 1. The number of hydrogen-bond acceptors (Lipinski definition) is 6. The number of piperidine rings is 1. The highest BCUT2D eigenvalue weighted by Crippen LogP contribution is 2.26. The Kier molecular flexibility index (Phi) is 7.67. The number of carbonyl (C=O) groups excluding carboxylic acids is 4. The number of amides is 4. The Hall–Kier alpha value is -3.43. The van der Waals surface area contributed by atoms with Gasteiger partial charge in [-0.2, -0.15) is 0 Å². The fraction of sp³-hybridized carbons (Fsp3) is 0.360. The number of benzene rings is 2. The number of carbonyl (C=O) groups is 4. The molecule has 2 fully saturated rings. The molecule has 0 saturated carbocycles. The molecule has 4 amide bonds. The van der Waals surface area contributed by atoms with E-state index in [1.807, 2.05) is 0 Å². The monoisotopic (exact) mass is 498 g/mol. The summed E-state index contributed by atoms with van der Waals surface area (Å²) in [7, 11) is 0. The summed E-state index contributed by atoms with van der Waals surface area (Å²) < 4.78 is 4.96. The first kappa shape index (κ1) is 24.7. The second kappa shape index (κ2) is 10.9. The van der Waals surface area contributed by atoms with Gasteiger partial charge in [-0.1, -0.05) is 23.7 Å². The molecule has 184 valence electrons. The predicted molar refractivity (Wildman–Crippen MR) is 130 cm³/mol. The Balaban J connectivity index is 1.47. The van der Waals surface area contributed by atoms with Gasteiger partial charge in [0.25, 0.3) is 0 Å². The lowest BCUT2D eigenvalue weighted by atomic mass is 9.93. The van der Waals surface area contributed by atoms with E-state index in [1.54, 1.807) is 55.5 Å². The number of nitrogens with one attached hydrogen (secondary N) is 2. The summed E-state index contributed by atoms with van der Waals surface area (Å²) in [5, 5.41) is 6.54. The van der Waals surface area contributed by atoms with Crippen molar-refractivity contribution in [3.8, 4) is 0 Å². The minimum atomic E-state index is -0.564. The van der Waals surface area contributed by atoms with Crippen LogP contribution in [0.25, 0.3) is 0 Å². The first-order valence-electron chi connectivity index (χ1n) is 11.5. The molecular formula is C25H27ClN4O5. The zero-order chi connectivity index (χ0) is 24.9. The van der Waals surface area contributed by atoms with Gasteiger partial charge in [-0.25, -0.2) is 9.59 Å². The Morgan fingerprint density at radius 2 is 1.83 bits per heavy atom. The van der Waals surface area contributed by atoms with E-state index in [1.165, 1.54) is 9.80 Å². The number of anilines is 1. The van der Waals surface area contributed by atoms with Crippen LogP contribution in [-0.2, 0) is 20.9 Å². The third-order valence-electron chi connectivity index (χ3n) is 6.08. The second-order valence-corrected chi connectivity index (χ2v) is 8.89. The van der Waals surface area contributed by atoms with Gasteiger partial charge in [0.2, 0.25) is 11.8 Å². The fourth-order valence-electron chi connectivity index (χ4n) is 4.38. The molecule has 2 atom stereocenters. The van der Waals surface area contributed by atoms with Crippen LogP contribution in [0, 0.1) is 0 Å². The minimum absolute atomic E-state index is 0.0905. The van der Waals surface area contributed by atoms with Gasteiger partial charge in [0.1, 0.15) is 12.6 Å². The van der Waals surface area contributed by atoms with Crippen molar-refractivity contribution >= 4 is 41.1 Å². The van der Waals surface area contributed by atoms with Crippen LogP contribution in [0.4, 0.5) is 10.5 Å². The van der Waals surface area contributed by atoms with E-state index < -0.39 is 30.0 Å². The lowest BCUT2D eigenvalue weighted by molar-refractivity contribution is -0.138. The van der Waals surface area contributed by atoms with Crippen molar-refractivity contribution in [3.63, 3.8) is 0 Å². The molecule has 0 radical (unpaired) electrons. The molecule has 35 heavy (non-hydrogen) atoms. The van der Waals surface area contributed by atoms with E-state index in [0.717, 1.165) is 12.0 Å². The molecule has 2 saturated heterocycles. The molecule has 0 spiro atoms. The Labute approximate surface area is 208 Å². The van der Waals surface area contributed by atoms with E-state index in [9.17, 15) is 19.2 Å². The molecule has 4 rings (SSSR count). The van der Waals surface area contributed by atoms with Gasteiger partial charge in [0, 0.05) is 10.7 Å². The van der Waals surface area contributed by atoms with Crippen molar-refractivity contribution in [2.24, 2.45) is 0 Å². The molecule has 0 bridgehead atoms. The number of urea groups is 1. The number of halogens is 1. The average molecular weight is 499 g/mol. The standard InChI is InChI=1S/C25H27ClN4O5/c1-2-35-24(33)17-7-11-19(12-8-17)28-21(31)15-29-20-4-3-13-27-22(20)23(32)30(25(29)34)14-16-5-9-18(26)10-6-16/h5-12,20,22,27H,2-4,13-15H2,1H3,(H,28,31). The number of rotatable bonds is 7. The quantitative estimate of drug-likeness (QED) is 0.568. The minimum Gasteiger partial charge on any atom is -0.462 e. The molecular weight excluding hydrogens is 472 g/mol. The summed E-state index contributed by atoms with van der Waals surface area (Å²) in [5.74, 6) is -1.13. The average Bonchev–Trinajstić information content (AvgIpc) is 2.86. The summed E-state index contributed by atoms with van der Waals surface area (Å²) >= 11 is 5.95. The van der Waals surface area contributed by atoms with Crippen LogP contribution in [0.2, 0.25) is 5.02 Å². The van der Waals surface area contributed by atoms with Gasteiger partial charge < -0.3 is 20.3 Å². The van der Waals surface area contributed by atoms with Crippen molar-refractivity contribution in [1.29, 1.82) is 0 Å². The number of nitrogens with zero attached hydrogens (tertiary/aromatic N) is 2. The van der Waals surface area contributed by atoms with Gasteiger partial charge in [0.15, 0.2) is 0 Å². The maximum absolute atomic E-state index is 13.4. The Morgan fingerprint density at radius 3 is 2.51 bits per heavy atom. The summed E-state index contributed by atoms with van der Waals surface area (Å²) in [6, 6.07) is 11.8. The maximum Gasteiger partial charge on any atom is 0.338 e. The van der Waals surface area contributed by atoms with Crippen LogP contribution in [0.15, 0.2) is 48.5 Å². The second-order valence-electron chi connectivity index (χ2n) is 8.45. The molecule has 10 heteroatoms. The van der Waals surface area contributed by atoms with Gasteiger partial charge in [-0.3, -0.25) is 14.5 Å². The third kappa shape index (κ3) is 5.63. The molecule has 0 aromatic heterocycles. The number of esters is 1. The van der Waals surface area contributed by atoms with Gasteiger partial charge in [0.05, 0.1) is 24.8 Å². The van der Waals surface area contributed by atoms with Crippen LogP contribution in [0.1, 0.15) is 35.7 Å². The van der Waals surface area contributed by atoms with Crippen molar-refractivity contribution in [2.45, 2.75) is 38.4 Å². The van der Waals surface area contributed by atoms with E-state index in [-0.39, 0.29) is 25.6 Å². The number of fused-ring (bicyclic) bond motifs is 1. The number of imide groups is 1. The fourth-order valence-corrected chi connectivity index (χ4v) is 4.51. The van der Waals surface area contributed by atoms with Crippen molar-refractivity contribution in [3.05, 3.63) is 64.7 Å². The zero-order valence-electron chi connectivity index (χ0n) is 19.3. The zero-order valence-corrected chi connectivity index (χ0v) is 20.1. The third-order valence-corrected chi connectivity index (χ3v) is 6.33. The van der Waals surface area contributed by atoms with Crippen LogP contribution in [-0.4, -0.2) is 65.4 Å². The smallest absolute Gasteiger partial charge is 0.338 e. The van der Waals surface area contributed by atoms with Crippen LogP contribution in [0.3, 0.4) is 0 Å². The van der Waals surface area contributed by atoms with Crippen molar-refractivity contribution in [2.75, 3.05) is 25.0 Å². The highest BCUT2D eigenvalue weighted by Gasteiger charge is 2.47. The predicted octanol–water partition coefficient (Wildman–Crippen LogP) is 3.04.